The number of amides is 1. The van der Waals surface area contributed by atoms with Gasteiger partial charge in [-0.25, -0.2) is 0 Å². The molecule has 0 saturated carbocycles. The molecule has 2 heterocycles. The summed E-state index contributed by atoms with van der Waals surface area (Å²) in [5.74, 6) is -1.14. The van der Waals surface area contributed by atoms with Crippen LogP contribution in [0.3, 0.4) is 0 Å². The normalized spacial score (nSPS) is 11.0. The van der Waals surface area contributed by atoms with Crippen LogP contribution < -0.4 is 5.32 Å². The Morgan fingerprint density at radius 1 is 1.00 bits per heavy atom. The second-order valence-electron chi connectivity index (χ2n) is 7.48. The lowest BCUT2D eigenvalue weighted by atomic mass is 10.1. The smallest absolute Gasteiger partial charge is 0.292 e. The summed E-state index contributed by atoms with van der Waals surface area (Å²) in [7, 11) is 0. The van der Waals surface area contributed by atoms with E-state index in [0.717, 1.165) is 33.4 Å². The van der Waals surface area contributed by atoms with Crippen molar-refractivity contribution in [2.24, 2.45) is 0 Å². The number of aryl methyl sites for hydroxylation is 2. The summed E-state index contributed by atoms with van der Waals surface area (Å²) in [6.45, 7) is 6.63. The highest BCUT2D eigenvalue weighted by Crippen LogP contribution is 2.22. The molecule has 0 bridgehead atoms. The van der Waals surface area contributed by atoms with Gasteiger partial charge >= 0.3 is 0 Å². The molecule has 0 atom stereocenters. The average molecular weight is 400 g/mol. The van der Waals surface area contributed by atoms with Gasteiger partial charge in [0.05, 0.1) is 17.8 Å². The van der Waals surface area contributed by atoms with Crippen LogP contribution in [0, 0.1) is 20.8 Å². The summed E-state index contributed by atoms with van der Waals surface area (Å²) in [5, 5.41) is 8.15. The van der Waals surface area contributed by atoms with Gasteiger partial charge in [0.2, 0.25) is 0 Å². The van der Waals surface area contributed by atoms with Crippen molar-refractivity contribution < 1.29 is 9.59 Å². The zero-order chi connectivity index (χ0) is 21.3. The number of carbonyl (C=O) groups is 2. The SMILES string of the molecule is Cc1nn(Cc2ccccc2)c(C)c1CNC(=O)C(=O)c1c(C)[nH]c2ccccc12. The van der Waals surface area contributed by atoms with E-state index in [0.29, 0.717) is 17.8 Å². The fourth-order valence-corrected chi connectivity index (χ4v) is 3.83. The molecule has 6 nitrogen and oxygen atoms in total. The molecule has 0 unspecified atom stereocenters. The molecule has 0 aliphatic heterocycles. The van der Waals surface area contributed by atoms with E-state index in [1.165, 1.54) is 0 Å². The topological polar surface area (TPSA) is 79.8 Å². The van der Waals surface area contributed by atoms with E-state index >= 15 is 0 Å². The fraction of sp³-hybridized carbons (Fsp3) is 0.208. The molecule has 2 N–H and O–H groups in total. The first-order chi connectivity index (χ1) is 14.5. The van der Waals surface area contributed by atoms with Crippen molar-refractivity contribution in [3.8, 4) is 0 Å². The number of benzene rings is 2. The Hall–Kier alpha value is -3.67. The summed E-state index contributed by atoms with van der Waals surface area (Å²) in [6, 6.07) is 17.6. The van der Waals surface area contributed by atoms with E-state index in [1.54, 1.807) is 0 Å². The number of rotatable bonds is 6. The molecule has 0 fully saturated rings. The minimum Gasteiger partial charge on any atom is -0.358 e. The highest BCUT2D eigenvalue weighted by atomic mass is 16.2. The molecule has 0 aliphatic carbocycles. The lowest BCUT2D eigenvalue weighted by Crippen LogP contribution is -2.31. The Morgan fingerprint density at radius 3 is 2.47 bits per heavy atom. The van der Waals surface area contributed by atoms with Crippen LogP contribution in [0.1, 0.15) is 38.6 Å². The van der Waals surface area contributed by atoms with E-state index < -0.39 is 11.7 Å². The first-order valence-electron chi connectivity index (χ1n) is 9.92. The van der Waals surface area contributed by atoms with Gasteiger partial charge in [-0.1, -0.05) is 48.5 Å². The number of Topliss-reactive ketones (excluding diaryl/α,β-unsaturated/α-hetero) is 1. The van der Waals surface area contributed by atoms with Gasteiger partial charge in [-0.3, -0.25) is 14.3 Å². The summed E-state index contributed by atoms with van der Waals surface area (Å²) in [5.41, 5.74) is 5.88. The predicted molar refractivity (Wildman–Crippen MR) is 116 cm³/mol. The quantitative estimate of drug-likeness (QED) is 0.381. The molecule has 4 aromatic rings. The highest BCUT2D eigenvalue weighted by Gasteiger charge is 2.23. The number of para-hydroxylation sites is 1. The largest absolute Gasteiger partial charge is 0.358 e. The van der Waals surface area contributed by atoms with E-state index in [1.807, 2.05) is 67.9 Å². The van der Waals surface area contributed by atoms with Crippen LogP contribution in [0.2, 0.25) is 0 Å². The predicted octanol–water partition coefficient (Wildman–Crippen LogP) is 3.84. The molecular formula is C24H24N4O2. The second kappa shape index (κ2) is 7.99. The number of hydrogen-bond donors (Lipinski definition) is 2. The number of carbonyl (C=O) groups excluding carboxylic acids is 2. The van der Waals surface area contributed by atoms with Crippen molar-refractivity contribution in [2.45, 2.75) is 33.9 Å². The standard InChI is InChI=1S/C24H24N4O2/c1-15-20(17(3)28(27-15)14-18-9-5-4-6-10-18)13-25-24(30)23(29)22-16(2)26-21-12-8-7-11-19(21)22/h4-12,26H,13-14H2,1-3H3,(H,25,30). The number of hydrogen-bond acceptors (Lipinski definition) is 3. The number of fused-ring (bicyclic) bond motifs is 1. The van der Waals surface area contributed by atoms with Gasteiger partial charge in [0.15, 0.2) is 0 Å². The summed E-state index contributed by atoms with van der Waals surface area (Å²) >= 11 is 0. The number of nitrogens with zero attached hydrogens (tertiary/aromatic N) is 2. The number of aromatic nitrogens is 3. The molecule has 0 aliphatic rings. The third kappa shape index (κ3) is 3.64. The van der Waals surface area contributed by atoms with Gasteiger partial charge in [-0.15, -0.1) is 0 Å². The molecule has 2 aromatic heterocycles. The molecule has 0 radical (unpaired) electrons. The van der Waals surface area contributed by atoms with Gasteiger partial charge in [0.1, 0.15) is 0 Å². The lowest BCUT2D eigenvalue weighted by molar-refractivity contribution is -0.117. The molecule has 30 heavy (non-hydrogen) atoms. The Bertz CT molecular complexity index is 1240. The van der Waals surface area contributed by atoms with Gasteiger partial charge in [-0.05, 0) is 32.4 Å². The van der Waals surface area contributed by atoms with Crippen molar-refractivity contribution in [2.75, 3.05) is 0 Å². The van der Waals surface area contributed by atoms with Crippen molar-refractivity contribution >= 4 is 22.6 Å². The van der Waals surface area contributed by atoms with Crippen molar-refractivity contribution in [3.05, 3.63) is 88.4 Å². The van der Waals surface area contributed by atoms with E-state index in [2.05, 4.69) is 27.5 Å². The van der Waals surface area contributed by atoms with E-state index in [9.17, 15) is 9.59 Å². The molecule has 1 amide bonds. The van der Waals surface area contributed by atoms with Crippen molar-refractivity contribution in [3.63, 3.8) is 0 Å². The number of aromatic amines is 1. The van der Waals surface area contributed by atoms with E-state index in [-0.39, 0.29) is 6.54 Å². The molecule has 152 valence electrons. The van der Waals surface area contributed by atoms with Gasteiger partial charge in [-0.2, -0.15) is 5.10 Å². The van der Waals surface area contributed by atoms with Crippen LogP contribution in [0.5, 0.6) is 0 Å². The van der Waals surface area contributed by atoms with Gasteiger partial charge < -0.3 is 10.3 Å². The first kappa shape index (κ1) is 19.6. The Balaban J connectivity index is 1.50. The molecule has 2 aromatic carbocycles. The second-order valence-corrected chi connectivity index (χ2v) is 7.48. The third-order valence-electron chi connectivity index (χ3n) is 5.46. The van der Waals surface area contributed by atoms with Crippen LogP contribution in [0.15, 0.2) is 54.6 Å². The van der Waals surface area contributed by atoms with Crippen LogP contribution in [-0.2, 0) is 17.9 Å². The Labute approximate surface area is 174 Å². The summed E-state index contributed by atoms with van der Waals surface area (Å²) in [6.07, 6.45) is 0. The van der Waals surface area contributed by atoms with Crippen molar-refractivity contribution in [1.29, 1.82) is 0 Å². The van der Waals surface area contributed by atoms with Gasteiger partial charge in [0, 0.05) is 34.4 Å². The van der Waals surface area contributed by atoms with Crippen LogP contribution in [0.25, 0.3) is 10.9 Å². The summed E-state index contributed by atoms with van der Waals surface area (Å²) in [4.78, 5) is 28.6. The molecule has 0 saturated heterocycles. The molecule has 4 rings (SSSR count). The summed E-state index contributed by atoms with van der Waals surface area (Å²) < 4.78 is 1.93. The fourth-order valence-electron chi connectivity index (χ4n) is 3.83. The van der Waals surface area contributed by atoms with Gasteiger partial charge in [0.25, 0.3) is 11.7 Å². The maximum atomic E-state index is 12.8. The number of H-pyrrole nitrogens is 1. The monoisotopic (exact) mass is 400 g/mol. The number of ketones is 1. The van der Waals surface area contributed by atoms with Crippen molar-refractivity contribution in [1.82, 2.24) is 20.1 Å². The Kier molecular flexibility index (Phi) is 5.23. The molecular weight excluding hydrogens is 376 g/mol. The maximum Gasteiger partial charge on any atom is 0.292 e. The highest BCUT2D eigenvalue weighted by molar-refractivity contribution is 6.45. The molecule has 6 heteroatoms. The maximum absolute atomic E-state index is 12.8. The first-order valence-corrected chi connectivity index (χ1v) is 9.92. The van der Waals surface area contributed by atoms with Crippen LogP contribution in [-0.4, -0.2) is 26.5 Å². The number of nitrogens with one attached hydrogen (secondary N) is 2. The minimum atomic E-state index is -0.613. The van der Waals surface area contributed by atoms with Crippen LogP contribution in [0.4, 0.5) is 0 Å². The lowest BCUT2D eigenvalue weighted by Gasteiger charge is -2.07. The zero-order valence-corrected chi connectivity index (χ0v) is 17.3. The van der Waals surface area contributed by atoms with E-state index in [4.69, 9.17) is 0 Å². The third-order valence-corrected chi connectivity index (χ3v) is 5.46. The zero-order valence-electron chi connectivity index (χ0n) is 17.3. The minimum absolute atomic E-state index is 0.262. The Morgan fingerprint density at radius 2 is 1.70 bits per heavy atom. The van der Waals surface area contributed by atoms with Crippen LogP contribution >= 0.6 is 0 Å². The average Bonchev–Trinajstić information content (AvgIpc) is 3.21. The molecule has 0 spiro atoms.